The van der Waals surface area contributed by atoms with Gasteiger partial charge in [0.15, 0.2) is 0 Å². The molecule has 2 fully saturated rings. The lowest BCUT2D eigenvalue weighted by Gasteiger charge is -2.31. The highest BCUT2D eigenvalue weighted by atomic mass is 16.2. The zero-order valence-corrected chi connectivity index (χ0v) is 15.0. The Morgan fingerprint density at radius 3 is 2.33 bits per heavy atom. The molecule has 0 radical (unpaired) electrons. The molecule has 24 heavy (non-hydrogen) atoms. The van der Waals surface area contributed by atoms with E-state index in [0.717, 1.165) is 29.7 Å². The Kier molecular flexibility index (Phi) is 4.93. The van der Waals surface area contributed by atoms with Gasteiger partial charge in [0.05, 0.1) is 5.92 Å². The lowest BCUT2D eigenvalue weighted by atomic mass is 9.94. The fourth-order valence-electron chi connectivity index (χ4n) is 4.26. The molecule has 130 valence electrons. The first-order valence-corrected chi connectivity index (χ1v) is 9.14. The maximum Gasteiger partial charge on any atom is 0.229 e. The highest BCUT2D eigenvalue weighted by molar-refractivity contribution is 5.98. The molecule has 1 saturated heterocycles. The minimum atomic E-state index is -0.223. The van der Waals surface area contributed by atoms with Crippen molar-refractivity contribution in [3.8, 4) is 0 Å². The molecule has 1 aliphatic heterocycles. The zero-order chi connectivity index (χ0) is 17.3. The molecule has 0 aromatic heterocycles. The van der Waals surface area contributed by atoms with Crippen LogP contribution in [0.2, 0.25) is 0 Å². The normalized spacial score (nSPS) is 22.0. The summed E-state index contributed by atoms with van der Waals surface area (Å²) in [4.78, 5) is 27.0. The second-order valence-electron chi connectivity index (χ2n) is 7.50. The van der Waals surface area contributed by atoms with E-state index in [9.17, 15) is 9.59 Å². The van der Waals surface area contributed by atoms with E-state index in [1.807, 2.05) is 18.7 Å². The number of nitrogens with zero attached hydrogens (tertiary/aromatic N) is 1. The topological polar surface area (TPSA) is 49.4 Å². The van der Waals surface area contributed by atoms with E-state index in [0.29, 0.717) is 19.0 Å². The molecule has 0 unspecified atom stereocenters. The van der Waals surface area contributed by atoms with Gasteiger partial charge in [-0.05, 0) is 44.7 Å². The Morgan fingerprint density at radius 2 is 1.71 bits per heavy atom. The number of hydrogen-bond acceptors (Lipinski definition) is 2. The van der Waals surface area contributed by atoms with Crippen LogP contribution in [0.4, 0.5) is 5.69 Å². The van der Waals surface area contributed by atoms with Gasteiger partial charge >= 0.3 is 0 Å². The third kappa shape index (κ3) is 3.47. The van der Waals surface area contributed by atoms with E-state index in [2.05, 4.69) is 24.4 Å². The van der Waals surface area contributed by atoms with Gasteiger partial charge in [0.2, 0.25) is 11.8 Å². The van der Waals surface area contributed by atoms with Crippen LogP contribution < -0.4 is 5.32 Å². The Labute approximate surface area is 144 Å². The summed E-state index contributed by atoms with van der Waals surface area (Å²) in [6, 6.07) is 4.51. The molecule has 1 heterocycles. The van der Waals surface area contributed by atoms with Gasteiger partial charge in [0.25, 0.3) is 0 Å². The molecule has 1 saturated carbocycles. The average molecular weight is 328 g/mol. The summed E-state index contributed by atoms with van der Waals surface area (Å²) >= 11 is 0. The summed E-state index contributed by atoms with van der Waals surface area (Å²) in [6.45, 7) is 6.68. The molecule has 4 nitrogen and oxygen atoms in total. The first-order valence-electron chi connectivity index (χ1n) is 9.14. The summed E-state index contributed by atoms with van der Waals surface area (Å²) in [5, 5.41) is 3.07. The van der Waals surface area contributed by atoms with Crippen molar-refractivity contribution >= 4 is 17.5 Å². The predicted octanol–water partition coefficient (Wildman–Crippen LogP) is 3.73. The average Bonchev–Trinajstić information content (AvgIpc) is 2.93. The molecule has 1 aromatic carbocycles. The Morgan fingerprint density at radius 1 is 1.08 bits per heavy atom. The highest BCUT2D eigenvalue weighted by Crippen LogP contribution is 2.30. The standard InChI is InChI=1S/C20H28N2O2/c1-13-9-14(2)19(15(3)10-13)21-20(24)16-11-18(23)22(12-16)17-7-5-4-6-8-17/h9-10,16-17H,4-8,11-12H2,1-3H3,(H,21,24)/t16-/m0/s1. The maximum absolute atomic E-state index is 12.7. The van der Waals surface area contributed by atoms with E-state index in [4.69, 9.17) is 0 Å². The van der Waals surface area contributed by atoms with Gasteiger partial charge in [0, 0.05) is 24.7 Å². The minimum Gasteiger partial charge on any atom is -0.339 e. The van der Waals surface area contributed by atoms with Gasteiger partial charge in [-0.1, -0.05) is 37.0 Å². The van der Waals surface area contributed by atoms with Crippen LogP contribution in [0.25, 0.3) is 0 Å². The van der Waals surface area contributed by atoms with Gasteiger partial charge in [-0.25, -0.2) is 0 Å². The van der Waals surface area contributed by atoms with Gasteiger partial charge in [-0.3, -0.25) is 9.59 Å². The van der Waals surface area contributed by atoms with E-state index in [1.54, 1.807) is 0 Å². The van der Waals surface area contributed by atoms with Crippen LogP contribution >= 0.6 is 0 Å². The number of likely N-dealkylation sites (tertiary alicyclic amines) is 1. The van der Waals surface area contributed by atoms with Crippen LogP contribution in [0, 0.1) is 26.7 Å². The largest absolute Gasteiger partial charge is 0.339 e. The molecule has 0 spiro atoms. The third-order valence-corrected chi connectivity index (χ3v) is 5.47. The zero-order valence-electron chi connectivity index (χ0n) is 15.0. The number of benzene rings is 1. The quantitative estimate of drug-likeness (QED) is 0.919. The van der Waals surface area contributed by atoms with Crippen molar-refractivity contribution in [3.63, 3.8) is 0 Å². The van der Waals surface area contributed by atoms with Crippen LogP contribution in [0.3, 0.4) is 0 Å². The summed E-state index contributed by atoms with van der Waals surface area (Å²) < 4.78 is 0. The molecule has 2 amide bonds. The van der Waals surface area contributed by atoms with Gasteiger partial charge in [0.1, 0.15) is 0 Å². The lowest BCUT2D eigenvalue weighted by molar-refractivity contribution is -0.130. The van der Waals surface area contributed by atoms with Crippen molar-refractivity contribution in [1.29, 1.82) is 0 Å². The molecule has 1 aromatic rings. The van der Waals surface area contributed by atoms with Crippen molar-refractivity contribution in [3.05, 3.63) is 28.8 Å². The molecule has 1 aliphatic carbocycles. The van der Waals surface area contributed by atoms with Crippen LogP contribution in [0.15, 0.2) is 12.1 Å². The number of amides is 2. The molecule has 1 N–H and O–H groups in total. The van der Waals surface area contributed by atoms with Crippen LogP contribution in [-0.4, -0.2) is 29.3 Å². The van der Waals surface area contributed by atoms with Gasteiger partial charge in [-0.2, -0.15) is 0 Å². The van der Waals surface area contributed by atoms with E-state index in [1.165, 1.54) is 24.8 Å². The number of carbonyl (C=O) groups excluding carboxylic acids is 2. The third-order valence-electron chi connectivity index (χ3n) is 5.47. The van der Waals surface area contributed by atoms with Crippen molar-refractivity contribution < 1.29 is 9.59 Å². The van der Waals surface area contributed by atoms with Crippen molar-refractivity contribution in [2.75, 3.05) is 11.9 Å². The predicted molar refractivity (Wildman–Crippen MR) is 96.0 cm³/mol. The van der Waals surface area contributed by atoms with E-state index >= 15 is 0 Å². The minimum absolute atomic E-state index is 0.0169. The number of rotatable bonds is 3. The number of carbonyl (C=O) groups is 2. The number of hydrogen-bond donors (Lipinski definition) is 1. The van der Waals surface area contributed by atoms with Crippen LogP contribution in [0.5, 0.6) is 0 Å². The van der Waals surface area contributed by atoms with Gasteiger partial charge < -0.3 is 10.2 Å². The van der Waals surface area contributed by atoms with Gasteiger partial charge in [-0.15, -0.1) is 0 Å². The monoisotopic (exact) mass is 328 g/mol. The van der Waals surface area contributed by atoms with Crippen LogP contribution in [0.1, 0.15) is 55.2 Å². The fourth-order valence-corrected chi connectivity index (χ4v) is 4.26. The van der Waals surface area contributed by atoms with E-state index < -0.39 is 0 Å². The molecular weight excluding hydrogens is 300 g/mol. The SMILES string of the molecule is Cc1cc(C)c(NC(=O)[C@H]2CC(=O)N(C3CCCCC3)C2)c(C)c1. The van der Waals surface area contributed by atoms with Crippen molar-refractivity contribution in [2.45, 2.75) is 65.3 Å². The molecular formula is C20H28N2O2. The second-order valence-corrected chi connectivity index (χ2v) is 7.50. The Bertz CT molecular complexity index is 624. The number of aryl methyl sites for hydroxylation is 3. The second kappa shape index (κ2) is 6.96. The molecule has 2 aliphatic rings. The first-order chi connectivity index (χ1) is 11.5. The summed E-state index contributed by atoms with van der Waals surface area (Å²) in [6.07, 6.45) is 6.22. The van der Waals surface area contributed by atoms with Crippen molar-refractivity contribution in [1.82, 2.24) is 4.90 Å². The first kappa shape index (κ1) is 17.0. The molecule has 1 atom stereocenters. The molecule has 0 bridgehead atoms. The Hall–Kier alpha value is -1.84. The maximum atomic E-state index is 12.7. The summed E-state index contributed by atoms with van der Waals surface area (Å²) in [5.41, 5.74) is 4.25. The highest BCUT2D eigenvalue weighted by Gasteiger charge is 2.38. The summed E-state index contributed by atoms with van der Waals surface area (Å²) in [5.74, 6) is -0.0874. The Balaban J connectivity index is 1.67. The molecule has 3 rings (SSSR count). The number of nitrogens with one attached hydrogen (secondary N) is 1. The van der Waals surface area contributed by atoms with E-state index in [-0.39, 0.29) is 17.7 Å². The smallest absolute Gasteiger partial charge is 0.229 e. The lowest BCUT2D eigenvalue weighted by Crippen LogP contribution is -2.38. The van der Waals surface area contributed by atoms with Crippen molar-refractivity contribution in [2.24, 2.45) is 5.92 Å². The number of anilines is 1. The fraction of sp³-hybridized carbons (Fsp3) is 0.600. The van der Waals surface area contributed by atoms with Crippen LogP contribution in [-0.2, 0) is 9.59 Å². The molecule has 4 heteroatoms. The summed E-state index contributed by atoms with van der Waals surface area (Å²) in [7, 11) is 0.